The molecule has 0 radical (unpaired) electrons. The van der Waals surface area contributed by atoms with Gasteiger partial charge < -0.3 is 10.6 Å². The van der Waals surface area contributed by atoms with Gasteiger partial charge in [-0.25, -0.2) is 4.79 Å². The van der Waals surface area contributed by atoms with Gasteiger partial charge in [-0.2, -0.15) is 13.2 Å². The van der Waals surface area contributed by atoms with Crippen LogP contribution < -0.4 is 10.6 Å². The van der Waals surface area contributed by atoms with Gasteiger partial charge in [0.2, 0.25) is 0 Å². The van der Waals surface area contributed by atoms with Crippen LogP contribution in [0.2, 0.25) is 0 Å². The van der Waals surface area contributed by atoms with Gasteiger partial charge in [0.05, 0.1) is 18.7 Å². The number of carbonyl (C=O) groups excluding carboxylic acids is 1. The van der Waals surface area contributed by atoms with E-state index < -0.39 is 17.8 Å². The molecule has 1 aromatic rings. The molecule has 0 unspecified atom stereocenters. The maximum absolute atomic E-state index is 12.4. The van der Waals surface area contributed by atoms with E-state index in [0.29, 0.717) is 6.54 Å². The minimum absolute atomic E-state index is 0.167. The van der Waals surface area contributed by atoms with E-state index in [2.05, 4.69) is 22.5 Å². The Morgan fingerprint density at radius 3 is 2.33 bits per heavy atom. The summed E-state index contributed by atoms with van der Waals surface area (Å²) in [5, 5.41) is 4.91. The quantitative estimate of drug-likeness (QED) is 0.842. The van der Waals surface area contributed by atoms with Crippen molar-refractivity contribution in [1.29, 1.82) is 0 Å². The van der Waals surface area contributed by atoms with Crippen molar-refractivity contribution in [2.45, 2.75) is 6.18 Å². The number of hydrogen-bond donors (Lipinski definition) is 2. The molecule has 0 fully saturated rings. The van der Waals surface area contributed by atoms with Crippen molar-refractivity contribution in [3.05, 3.63) is 29.8 Å². The number of carbonyl (C=O) groups is 1. The van der Waals surface area contributed by atoms with Gasteiger partial charge in [-0.05, 0) is 38.4 Å². The molecular weight excluding hydrogens is 283 g/mol. The number of hydrogen-bond acceptors (Lipinski definition) is 2. The van der Waals surface area contributed by atoms with Gasteiger partial charge in [-0.3, -0.25) is 4.90 Å². The molecule has 0 atom stereocenters. The van der Waals surface area contributed by atoms with Gasteiger partial charge >= 0.3 is 12.2 Å². The Labute approximate surface area is 121 Å². The van der Waals surface area contributed by atoms with E-state index in [1.807, 2.05) is 19.0 Å². The SMILES string of the molecule is CN(C)CC#CCNC(=O)Nc1ccc(C(F)(F)F)cc1. The first-order chi connectivity index (χ1) is 9.79. The Kier molecular flexibility index (Phi) is 6.06. The van der Waals surface area contributed by atoms with E-state index in [-0.39, 0.29) is 12.2 Å². The van der Waals surface area contributed by atoms with Crippen LogP contribution in [0.4, 0.5) is 23.7 Å². The van der Waals surface area contributed by atoms with E-state index in [4.69, 9.17) is 0 Å². The summed E-state index contributed by atoms with van der Waals surface area (Å²) in [5.41, 5.74) is -0.482. The smallest absolute Gasteiger partial charge is 0.327 e. The first kappa shape index (κ1) is 16.9. The molecule has 0 saturated carbocycles. The Morgan fingerprint density at radius 1 is 1.19 bits per heavy atom. The average Bonchev–Trinajstić information content (AvgIpc) is 2.37. The van der Waals surface area contributed by atoms with E-state index in [1.165, 1.54) is 12.1 Å². The van der Waals surface area contributed by atoms with Crippen LogP contribution in [0.3, 0.4) is 0 Å². The van der Waals surface area contributed by atoms with Gasteiger partial charge in [-0.1, -0.05) is 11.8 Å². The summed E-state index contributed by atoms with van der Waals surface area (Å²) in [5.74, 6) is 5.59. The predicted octanol–water partition coefficient (Wildman–Crippen LogP) is 2.39. The Balaban J connectivity index is 2.42. The second-order valence-electron chi connectivity index (χ2n) is 4.47. The standard InChI is InChI=1S/C14H16F3N3O/c1-20(2)10-4-3-9-18-13(21)19-12-7-5-11(6-8-12)14(15,16)17/h5-8H,9-10H2,1-2H3,(H2,18,19,21). The summed E-state index contributed by atoms with van der Waals surface area (Å²) >= 11 is 0. The zero-order chi connectivity index (χ0) is 15.9. The predicted molar refractivity (Wildman–Crippen MR) is 74.8 cm³/mol. The number of nitrogens with zero attached hydrogens (tertiary/aromatic N) is 1. The summed E-state index contributed by atoms with van der Waals surface area (Å²) < 4.78 is 37.1. The highest BCUT2D eigenvalue weighted by atomic mass is 19.4. The fourth-order valence-corrected chi connectivity index (χ4v) is 1.32. The molecule has 7 heteroatoms. The normalized spacial score (nSPS) is 10.8. The highest BCUT2D eigenvalue weighted by Gasteiger charge is 2.29. The van der Waals surface area contributed by atoms with E-state index in [1.54, 1.807) is 0 Å². The molecule has 1 aromatic carbocycles. The van der Waals surface area contributed by atoms with Crippen LogP contribution in [-0.4, -0.2) is 38.1 Å². The van der Waals surface area contributed by atoms with Crippen molar-refractivity contribution in [1.82, 2.24) is 10.2 Å². The Hall–Kier alpha value is -2.20. The number of benzene rings is 1. The van der Waals surface area contributed by atoms with Crippen LogP contribution in [0.5, 0.6) is 0 Å². The molecule has 0 bridgehead atoms. The number of alkyl halides is 3. The lowest BCUT2D eigenvalue weighted by molar-refractivity contribution is -0.137. The molecule has 2 N–H and O–H groups in total. The first-order valence-electron chi connectivity index (χ1n) is 6.11. The summed E-state index contributed by atoms with van der Waals surface area (Å²) in [6, 6.07) is 3.69. The molecule has 114 valence electrons. The largest absolute Gasteiger partial charge is 0.416 e. The van der Waals surface area contributed by atoms with Crippen LogP contribution in [0.1, 0.15) is 5.56 Å². The summed E-state index contributed by atoms with van der Waals surface area (Å²) in [6.07, 6.45) is -4.39. The van der Waals surface area contributed by atoms with Gasteiger partial charge in [0, 0.05) is 5.69 Å². The molecule has 4 nitrogen and oxygen atoms in total. The van der Waals surface area contributed by atoms with E-state index in [9.17, 15) is 18.0 Å². The highest BCUT2D eigenvalue weighted by molar-refractivity contribution is 5.89. The number of halogens is 3. The van der Waals surface area contributed by atoms with Crippen LogP contribution >= 0.6 is 0 Å². The minimum Gasteiger partial charge on any atom is -0.327 e. The lowest BCUT2D eigenvalue weighted by atomic mass is 10.2. The number of urea groups is 1. The summed E-state index contributed by atoms with van der Waals surface area (Å²) in [6.45, 7) is 0.752. The van der Waals surface area contributed by atoms with E-state index >= 15 is 0 Å². The number of nitrogens with one attached hydrogen (secondary N) is 2. The summed E-state index contributed by atoms with van der Waals surface area (Å²) in [7, 11) is 3.75. The third-order valence-electron chi connectivity index (χ3n) is 2.33. The Bertz CT molecular complexity index is 527. The molecule has 0 aromatic heterocycles. The topological polar surface area (TPSA) is 44.4 Å². The van der Waals surface area contributed by atoms with Crippen molar-refractivity contribution in [3.8, 4) is 11.8 Å². The van der Waals surface area contributed by atoms with Crippen molar-refractivity contribution >= 4 is 11.7 Å². The molecule has 0 aliphatic carbocycles. The maximum Gasteiger partial charge on any atom is 0.416 e. The zero-order valence-electron chi connectivity index (χ0n) is 11.7. The van der Waals surface area contributed by atoms with E-state index in [0.717, 1.165) is 12.1 Å². The van der Waals surface area contributed by atoms with Crippen molar-refractivity contribution in [2.24, 2.45) is 0 Å². The molecule has 0 spiro atoms. The Morgan fingerprint density at radius 2 is 1.81 bits per heavy atom. The van der Waals surface area contributed by atoms with Crippen molar-refractivity contribution < 1.29 is 18.0 Å². The molecule has 0 aliphatic heterocycles. The maximum atomic E-state index is 12.4. The lowest BCUT2D eigenvalue weighted by Gasteiger charge is -2.08. The van der Waals surface area contributed by atoms with Crippen LogP contribution in [0, 0.1) is 11.8 Å². The average molecular weight is 299 g/mol. The zero-order valence-corrected chi connectivity index (χ0v) is 11.7. The molecule has 21 heavy (non-hydrogen) atoms. The molecule has 0 saturated heterocycles. The highest BCUT2D eigenvalue weighted by Crippen LogP contribution is 2.29. The number of rotatable bonds is 3. The first-order valence-corrected chi connectivity index (χ1v) is 6.11. The molecule has 1 rings (SSSR count). The fraction of sp³-hybridized carbons (Fsp3) is 0.357. The molecule has 0 heterocycles. The van der Waals surface area contributed by atoms with Crippen molar-refractivity contribution in [2.75, 3.05) is 32.5 Å². The monoisotopic (exact) mass is 299 g/mol. The van der Waals surface area contributed by atoms with Crippen LogP contribution in [-0.2, 0) is 6.18 Å². The number of amides is 2. The molecule has 0 aliphatic rings. The lowest BCUT2D eigenvalue weighted by Crippen LogP contribution is -2.29. The second-order valence-corrected chi connectivity index (χ2v) is 4.47. The van der Waals surface area contributed by atoms with Gasteiger partial charge in [0.1, 0.15) is 0 Å². The van der Waals surface area contributed by atoms with Gasteiger partial charge in [-0.15, -0.1) is 0 Å². The molecule has 2 amide bonds. The van der Waals surface area contributed by atoms with Gasteiger partial charge in [0.15, 0.2) is 0 Å². The van der Waals surface area contributed by atoms with Crippen LogP contribution in [0.15, 0.2) is 24.3 Å². The minimum atomic E-state index is -4.39. The molecular formula is C14H16F3N3O. The second kappa shape index (κ2) is 7.55. The fourth-order valence-electron chi connectivity index (χ4n) is 1.32. The number of anilines is 1. The summed E-state index contributed by atoms with van der Waals surface area (Å²) in [4.78, 5) is 13.4. The third-order valence-corrected chi connectivity index (χ3v) is 2.33. The van der Waals surface area contributed by atoms with Gasteiger partial charge in [0.25, 0.3) is 0 Å². The van der Waals surface area contributed by atoms with Crippen LogP contribution in [0.25, 0.3) is 0 Å². The third kappa shape index (κ3) is 6.68. The van der Waals surface area contributed by atoms with Crippen molar-refractivity contribution in [3.63, 3.8) is 0 Å².